The molecule has 0 amide bonds. The van der Waals surface area contributed by atoms with E-state index in [2.05, 4.69) is 29.2 Å². The molecule has 0 aromatic heterocycles. The first-order valence-electron chi connectivity index (χ1n) is 8.29. The second-order valence-electron chi connectivity index (χ2n) is 7.15. The van der Waals surface area contributed by atoms with Crippen LogP contribution in [0.5, 0.6) is 0 Å². The van der Waals surface area contributed by atoms with Crippen molar-refractivity contribution in [3.05, 3.63) is 52.6 Å². The van der Waals surface area contributed by atoms with Crippen LogP contribution in [-0.2, 0) is 4.79 Å². The molecule has 5 atom stereocenters. The summed E-state index contributed by atoms with van der Waals surface area (Å²) < 4.78 is 0. The Morgan fingerprint density at radius 1 is 1.13 bits per heavy atom. The molecule has 0 bridgehead atoms. The van der Waals surface area contributed by atoms with Crippen LogP contribution in [-0.4, -0.2) is 18.6 Å². The summed E-state index contributed by atoms with van der Waals surface area (Å²) in [5.74, 6) is 0.0672. The first-order valence-corrected chi connectivity index (χ1v) is 8.67. The summed E-state index contributed by atoms with van der Waals surface area (Å²) in [7, 11) is 0. The van der Waals surface area contributed by atoms with E-state index in [1.165, 1.54) is 11.1 Å². The molecule has 3 nitrogen and oxygen atoms in total. The van der Waals surface area contributed by atoms with Gasteiger partial charge in [-0.2, -0.15) is 0 Å². The van der Waals surface area contributed by atoms with Gasteiger partial charge < -0.3 is 14.8 Å². The molecule has 2 aliphatic heterocycles. The van der Waals surface area contributed by atoms with Crippen LogP contribution in [0.25, 0.3) is 0 Å². The van der Waals surface area contributed by atoms with Gasteiger partial charge in [-0.3, -0.25) is 0 Å². The second-order valence-corrected chi connectivity index (χ2v) is 7.59. The number of hydrogen-bond donors (Lipinski definition) is 0. The summed E-state index contributed by atoms with van der Waals surface area (Å²) in [6, 6.07) is 3.53. The number of aliphatic carboxylic acids is 1. The molecule has 0 N–H and O–H groups in total. The van der Waals surface area contributed by atoms with Gasteiger partial charge in [0, 0.05) is 29.1 Å². The minimum absolute atomic E-state index is 0.0599. The van der Waals surface area contributed by atoms with Crippen LogP contribution in [0.1, 0.15) is 35.8 Å². The fourth-order valence-electron chi connectivity index (χ4n) is 5.19. The average molecular weight is 327 g/mol. The molecule has 0 saturated carbocycles. The van der Waals surface area contributed by atoms with Crippen molar-refractivity contribution in [3.8, 4) is 0 Å². The number of benzene rings is 1. The maximum Gasteiger partial charge on any atom is 0.0727 e. The van der Waals surface area contributed by atoms with Crippen LogP contribution in [0.4, 0.5) is 5.69 Å². The lowest BCUT2D eigenvalue weighted by Crippen LogP contribution is -2.58. The number of hydrogen-bond acceptors (Lipinski definition) is 3. The monoisotopic (exact) mass is 326 g/mol. The molecule has 0 fully saturated rings. The molecule has 0 unspecified atom stereocenters. The molecule has 4 heteroatoms. The van der Waals surface area contributed by atoms with Crippen molar-refractivity contribution in [2.24, 2.45) is 11.8 Å². The molecular formula is C19H17ClNO2-. The summed E-state index contributed by atoms with van der Waals surface area (Å²) in [6.45, 7) is 0.793. The highest BCUT2D eigenvalue weighted by Gasteiger charge is 2.47. The average Bonchev–Trinajstić information content (AvgIpc) is 3.15. The van der Waals surface area contributed by atoms with Crippen molar-refractivity contribution in [2.75, 3.05) is 11.4 Å². The second kappa shape index (κ2) is 4.64. The van der Waals surface area contributed by atoms with Crippen molar-refractivity contribution in [2.45, 2.75) is 30.7 Å². The highest BCUT2D eigenvalue weighted by molar-refractivity contribution is 6.31. The minimum Gasteiger partial charge on any atom is -0.548 e. The van der Waals surface area contributed by atoms with Crippen molar-refractivity contribution in [1.29, 1.82) is 0 Å². The summed E-state index contributed by atoms with van der Waals surface area (Å²) in [5.41, 5.74) is 3.49. The van der Waals surface area contributed by atoms with E-state index < -0.39 is 12.0 Å². The fraction of sp³-hybridized carbons (Fsp3) is 0.421. The van der Waals surface area contributed by atoms with Crippen molar-refractivity contribution in [3.63, 3.8) is 0 Å². The van der Waals surface area contributed by atoms with Crippen molar-refractivity contribution >= 4 is 23.3 Å². The Balaban J connectivity index is 1.78. The summed E-state index contributed by atoms with van der Waals surface area (Å²) in [4.78, 5) is 14.1. The Bertz CT molecular complexity index is 752. The quantitative estimate of drug-likeness (QED) is 0.745. The Kier molecular flexibility index (Phi) is 2.76. The zero-order valence-corrected chi connectivity index (χ0v) is 13.4. The predicted octanol–water partition coefficient (Wildman–Crippen LogP) is 2.61. The number of carbonyl (C=O) groups excluding carboxylic acids is 1. The van der Waals surface area contributed by atoms with Gasteiger partial charge in [-0.1, -0.05) is 35.9 Å². The maximum atomic E-state index is 11.9. The van der Waals surface area contributed by atoms with Gasteiger partial charge in [-0.05, 0) is 47.9 Å². The molecule has 2 heterocycles. The Morgan fingerprint density at radius 3 is 2.61 bits per heavy atom. The van der Waals surface area contributed by atoms with Gasteiger partial charge >= 0.3 is 0 Å². The third kappa shape index (κ3) is 1.74. The number of rotatable bonds is 1. The van der Waals surface area contributed by atoms with Gasteiger partial charge in [0.2, 0.25) is 0 Å². The van der Waals surface area contributed by atoms with Gasteiger partial charge in [0.05, 0.1) is 12.0 Å². The highest BCUT2D eigenvalue weighted by atomic mass is 35.5. The molecule has 1 aromatic carbocycles. The predicted molar refractivity (Wildman–Crippen MR) is 87.6 cm³/mol. The first-order chi connectivity index (χ1) is 11.1. The van der Waals surface area contributed by atoms with E-state index in [0.717, 1.165) is 30.1 Å². The third-order valence-corrected chi connectivity index (χ3v) is 6.27. The molecular weight excluding hydrogens is 310 g/mol. The number of halogens is 1. The molecule has 4 aliphatic rings. The maximum absolute atomic E-state index is 11.9. The van der Waals surface area contributed by atoms with Gasteiger partial charge in [-0.25, -0.2) is 0 Å². The number of allylic oxidation sites excluding steroid dienone is 4. The summed E-state index contributed by atoms with van der Waals surface area (Å²) in [5, 5.41) is 12.7. The lowest BCUT2D eigenvalue weighted by Gasteiger charge is -2.51. The summed E-state index contributed by atoms with van der Waals surface area (Å²) in [6.07, 6.45) is 10.6. The molecule has 2 aliphatic carbocycles. The molecule has 1 aromatic rings. The smallest absolute Gasteiger partial charge is 0.0727 e. The molecule has 0 saturated heterocycles. The van der Waals surface area contributed by atoms with Crippen LogP contribution >= 0.6 is 11.6 Å². The molecule has 23 heavy (non-hydrogen) atoms. The van der Waals surface area contributed by atoms with E-state index in [0.29, 0.717) is 11.8 Å². The lowest BCUT2D eigenvalue weighted by molar-refractivity contribution is -0.309. The third-order valence-electron chi connectivity index (χ3n) is 6.06. The standard InChI is InChI=1S/C19H18ClNO2/c20-11-7-15-12-4-1-3-10(12)9-21-17(15)16(8-11)13-5-2-6-14(13)18(21)19(22)23/h1-2,4-5,7-8,10,12-14,18H,3,6,9H2,(H,22,23)/p-1/t10-,12+,13+,14+,18+/m1/s1. The van der Waals surface area contributed by atoms with Crippen LogP contribution in [0.3, 0.4) is 0 Å². The molecule has 0 radical (unpaired) electrons. The number of nitrogens with zero attached hydrogens (tertiary/aromatic N) is 1. The first kappa shape index (κ1) is 13.7. The van der Waals surface area contributed by atoms with E-state index in [-0.39, 0.29) is 11.8 Å². The minimum atomic E-state index is -0.945. The van der Waals surface area contributed by atoms with Crippen LogP contribution in [0, 0.1) is 11.8 Å². The van der Waals surface area contributed by atoms with Gasteiger partial charge in [0.15, 0.2) is 0 Å². The summed E-state index contributed by atoms with van der Waals surface area (Å²) >= 11 is 6.42. The number of carboxylic acid groups (broad SMARTS) is 1. The number of anilines is 1. The van der Waals surface area contributed by atoms with Gasteiger partial charge in [-0.15, -0.1) is 0 Å². The van der Waals surface area contributed by atoms with Crippen LogP contribution in [0.2, 0.25) is 5.02 Å². The topological polar surface area (TPSA) is 43.4 Å². The van der Waals surface area contributed by atoms with Crippen LogP contribution in [0.15, 0.2) is 36.4 Å². The van der Waals surface area contributed by atoms with Gasteiger partial charge in [0.25, 0.3) is 0 Å². The van der Waals surface area contributed by atoms with E-state index in [1.807, 2.05) is 12.1 Å². The lowest BCUT2D eigenvalue weighted by atomic mass is 9.72. The molecule has 0 spiro atoms. The normalized spacial score (nSPS) is 35.9. The number of fused-ring (bicyclic) bond motifs is 4. The number of carbonyl (C=O) groups is 1. The SMILES string of the molecule is O=C([O-])[C@@H]1[C@H]2CC=C[C@@H]2c2cc(Cl)cc3c2N1C[C@H]1CC=C[C@H]31. The van der Waals surface area contributed by atoms with Crippen molar-refractivity contribution in [1.82, 2.24) is 0 Å². The number of carboxylic acids is 1. The largest absolute Gasteiger partial charge is 0.548 e. The Morgan fingerprint density at radius 2 is 1.83 bits per heavy atom. The highest BCUT2D eigenvalue weighted by Crippen LogP contribution is 2.55. The van der Waals surface area contributed by atoms with E-state index >= 15 is 0 Å². The Labute approximate surface area is 140 Å². The zero-order valence-electron chi connectivity index (χ0n) is 12.6. The van der Waals surface area contributed by atoms with E-state index in [9.17, 15) is 9.90 Å². The van der Waals surface area contributed by atoms with Crippen LogP contribution < -0.4 is 10.0 Å². The van der Waals surface area contributed by atoms with E-state index in [1.54, 1.807) is 0 Å². The van der Waals surface area contributed by atoms with E-state index in [4.69, 9.17) is 11.6 Å². The molecule has 5 rings (SSSR count). The van der Waals surface area contributed by atoms with Gasteiger partial charge in [0.1, 0.15) is 0 Å². The molecule has 118 valence electrons. The Hall–Kier alpha value is -1.74. The zero-order chi connectivity index (χ0) is 15.7. The van der Waals surface area contributed by atoms with Crippen molar-refractivity contribution < 1.29 is 9.90 Å². The fourth-order valence-corrected chi connectivity index (χ4v) is 5.43.